The van der Waals surface area contributed by atoms with E-state index in [-0.39, 0.29) is 5.75 Å². The predicted molar refractivity (Wildman–Crippen MR) is 83.0 cm³/mol. The van der Waals surface area contributed by atoms with Gasteiger partial charge in [-0.2, -0.15) is 0 Å². The van der Waals surface area contributed by atoms with Crippen LogP contribution in [0.5, 0.6) is 5.75 Å². The lowest BCUT2D eigenvalue weighted by Gasteiger charge is -2.04. The maximum Gasteiger partial charge on any atom is 0.249 e. The van der Waals surface area contributed by atoms with E-state index in [1.807, 2.05) is 26.0 Å². The number of phenolic OH excluding ortho intramolecular Hbond substituents is 1. The van der Waals surface area contributed by atoms with Gasteiger partial charge in [0, 0.05) is 5.57 Å². The van der Waals surface area contributed by atoms with Gasteiger partial charge in [0.05, 0.1) is 0 Å². The third-order valence-electron chi connectivity index (χ3n) is 2.60. The highest BCUT2D eigenvalue weighted by atomic mass is 16.3. The zero-order chi connectivity index (χ0) is 15.1. The highest BCUT2D eigenvalue weighted by Gasteiger charge is 2.08. The Morgan fingerprint density at radius 3 is 2.25 bits per heavy atom. The molecule has 3 nitrogen and oxygen atoms in total. The number of hydrogen-bond donors (Lipinski definition) is 2. The molecular weight excluding hydrogens is 250 g/mol. The Balaban J connectivity index is 3.25. The molecule has 20 heavy (non-hydrogen) atoms. The van der Waals surface area contributed by atoms with Crippen LogP contribution < -0.4 is 5.73 Å². The smallest absolute Gasteiger partial charge is 0.249 e. The number of primary amides is 1. The lowest BCUT2D eigenvalue weighted by Crippen LogP contribution is -2.13. The minimum Gasteiger partial charge on any atom is -0.508 e. The molecule has 0 aliphatic heterocycles. The van der Waals surface area contributed by atoms with E-state index in [1.165, 1.54) is 12.1 Å². The van der Waals surface area contributed by atoms with Crippen LogP contribution >= 0.6 is 0 Å². The Morgan fingerprint density at radius 2 is 1.80 bits per heavy atom. The first-order valence-corrected chi connectivity index (χ1v) is 6.22. The molecule has 1 aromatic rings. The number of benzene rings is 1. The minimum atomic E-state index is -0.527. The van der Waals surface area contributed by atoms with Crippen molar-refractivity contribution < 1.29 is 9.90 Å². The quantitative estimate of drug-likeness (QED) is 0.636. The van der Waals surface area contributed by atoms with Crippen molar-refractivity contribution in [1.82, 2.24) is 0 Å². The topological polar surface area (TPSA) is 63.3 Å². The maximum atomic E-state index is 11.6. The summed E-state index contributed by atoms with van der Waals surface area (Å²) < 4.78 is 0. The molecule has 0 aliphatic carbocycles. The zero-order valence-corrected chi connectivity index (χ0v) is 11.8. The van der Waals surface area contributed by atoms with Crippen LogP contribution in [0.3, 0.4) is 0 Å². The van der Waals surface area contributed by atoms with Gasteiger partial charge in [-0.1, -0.05) is 42.5 Å². The molecule has 0 unspecified atom stereocenters. The summed E-state index contributed by atoms with van der Waals surface area (Å²) in [5.74, 6) is -0.387. The van der Waals surface area contributed by atoms with Crippen molar-refractivity contribution in [3.8, 4) is 5.75 Å². The van der Waals surface area contributed by atoms with Crippen LogP contribution in [0.1, 0.15) is 19.4 Å². The molecular formula is C17H19NO2. The molecule has 1 rings (SSSR count). The van der Waals surface area contributed by atoms with Gasteiger partial charge in [-0.3, -0.25) is 4.79 Å². The number of rotatable bonds is 5. The Hall–Kier alpha value is -2.55. The van der Waals surface area contributed by atoms with E-state index in [2.05, 4.69) is 6.58 Å². The molecule has 0 spiro atoms. The van der Waals surface area contributed by atoms with Crippen LogP contribution in [0, 0.1) is 0 Å². The van der Waals surface area contributed by atoms with Gasteiger partial charge in [0.25, 0.3) is 0 Å². The minimum absolute atomic E-state index is 0.140. The van der Waals surface area contributed by atoms with E-state index in [9.17, 15) is 9.90 Å². The number of nitrogens with two attached hydrogens (primary N) is 1. The summed E-state index contributed by atoms with van der Waals surface area (Å²) in [5, 5.41) is 9.28. The summed E-state index contributed by atoms with van der Waals surface area (Å²) in [4.78, 5) is 11.6. The van der Waals surface area contributed by atoms with Crippen LogP contribution in [0.2, 0.25) is 0 Å². The van der Waals surface area contributed by atoms with Gasteiger partial charge in [0.15, 0.2) is 0 Å². The molecule has 0 fully saturated rings. The average molecular weight is 269 g/mol. The molecule has 1 amide bonds. The number of carbonyl (C=O) groups is 1. The maximum absolute atomic E-state index is 11.6. The van der Waals surface area contributed by atoms with Crippen molar-refractivity contribution in [1.29, 1.82) is 0 Å². The summed E-state index contributed by atoms with van der Waals surface area (Å²) >= 11 is 0. The summed E-state index contributed by atoms with van der Waals surface area (Å²) in [5.41, 5.74) is 8.37. The van der Waals surface area contributed by atoms with Gasteiger partial charge < -0.3 is 10.8 Å². The van der Waals surface area contributed by atoms with Gasteiger partial charge in [-0.05, 0) is 43.2 Å². The van der Waals surface area contributed by atoms with Crippen molar-refractivity contribution in [2.45, 2.75) is 13.8 Å². The molecule has 0 saturated heterocycles. The Labute approximate surface area is 119 Å². The first-order valence-electron chi connectivity index (χ1n) is 6.22. The van der Waals surface area contributed by atoms with Gasteiger partial charge in [0.1, 0.15) is 5.75 Å². The van der Waals surface area contributed by atoms with Crippen molar-refractivity contribution in [3.63, 3.8) is 0 Å². The molecule has 0 atom stereocenters. The standard InChI is InChI=1S/C17H19NO2/c1-4-13(6-5-12(2)3)11-16(17(18)20)14-7-9-15(19)10-8-14/h4-11,19H,1H2,2-3H3,(H2,18,20)/b13-6+,16-11+. The first kappa shape index (κ1) is 15.5. The number of hydrogen-bond acceptors (Lipinski definition) is 2. The zero-order valence-electron chi connectivity index (χ0n) is 11.8. The fourth-order valence-corrected chi connectivity index (χ4v) is 1.54. The Kier molecular flexibility index (Phi) is 5.54. The lowest BCUT2D eigenvalue weighted by atomic mass is 10.0. The second kappa shape index (κ2) is 7.14. The monoisotopic (exact) mass is 269 g/mol. The average Bonchev–Trinajstić information content (AvgIpc) is 2.40. The Bertz CT molecular complexity index is 586. The van der Waals surface area contributed by atoms with Gasteiger partial charge in [-0.15, -0.1) is 0 Å². The van der Waals surface area contributed by atoms with Crippen LogP contribution in [0.4, 0.5) is 0 Å². The van der Waals surface area contributed by atoms with Crippen molar-refractivity contribution in [2.75, 3.05) is 0 Å². The fraction of sp³-hybridized carbons (Fsp3) is 0.118. The van der Waals surface area contributed by atoms with Gasteiger partial charge in [0.2, 0.25) is 5.91 Å². The molecule has 0 bridgehead atoms. The third-order valence-corrected chi connectivity index (χ3v) is 2.60. The molecule has 0 radical (unpaired) electrons. The van der Waals surface area contributed by atoms with E-state index in [0.717, 1.165) is 11.1 Å². The van der Waals surface area contributed by atoms with E-state index >= 15 is 0 Å². The van der Waals surface area contributed by atoms with Gasteiger partial charge >= 0.3 is 0 Å². The summed E-state index contributed by atoms with van der Waals surface area (Å²) in [6.45, 7) is 7.69. The molecule has 0 aromatic heterocycles. The van der Waals surface area contributed by atoms with Crippen LogP contribution in [0.15, 0.2) is 66.3 Å². The predicted octanol–water partition coefficient (Wildman–Crippen LogP) is 3.34. The Morgan fingerprint density at radius 1 is 1.20 bits per heavy atom. The number of allylic oxidation sites excluding steroid dienone is 6. The summed E-state index contributed by atoms with van der Waals surface area (Å²) in [7, 11) is 0. The van der Waals surface area contributed by atoms with Crippen LogP contribution in [-0.2, 0) is 4.79 Å². The van der Waals surface area contributed by atoms with Crippen molar-refractivity contribution in [2.24, 2.45) is 5.73 Å². The molecule has 3 heteroatoms. The molecule has 0 heterocycles. The normalized spacial score (nSPS) is 11.9. The molecule has 0 saturated carbocycles. The molecule has 1 aromatic carbocycles. The van der Waals surface area contributed by atoms with Gasteiger partial charge in [-0.25, -0.2) is 0 Å². The van der Waals surface area contributed by atoms with Crippen LogP contribution in [-0.4, -0.2) is 11.0 Å². The van der Waals surface area contributed by atoms with Crippen molar-refractivity contribution >= 4 is 11.5 Å². The SMILES string of the molecule is C=CC(=C\C=C(C)C)/C=C(/C(N)=O)c1ccc(O)cc1. The van der Waals surface area contributed by atoms with Crippen LogP contribution in [0.25, 0.3) is 5.57 Å². The number of amides is 1. The summed E-state index contributed by atoms with van der Waals surface area (Å²) in [6, 6.07) is 6.32. The molecule has 104 valence electrons. The highest BCUT2D eigenvalue weighted by Crippen LogP contribution is 2.20. The van der Waals surface area contributed by atoms with E-state index < -0.39 is 5.91 Å². The highest BCUT2D eigenvalue weighted by molar-refractivity contribution is 6.19. The largest absolute Gasteiger partial charge is 0.508 e. The molecule has 3 N–H and O–H groups in total. The van der Waals surface area contributed by atoms with Crippen molar-refractivity contribution in [3.05, 3.63) is 71.9 Å². The fourth-order valence-electron chi connectivity index (χ4n) is 1.54. The second-order valence-electron chi connectivity index (χ2n) is 4.58. The second-order valence-corrected chi connectivity index (χ2v) is 4.58. The third kappa shape index (κ3) is 4.61. The lowest BCUT2D eigenvalue weighted by molar-refractivity contribution is -0.112. The van der Waals surface area contributed by atoms with E-state index in [0.29, 0.717) is 11.1 Å². The number of phenols is 1. The molecule has 0 aliphatic rings. The number of aromatic hydroxyl groups is 1. The number of carbonyl (C=O) groups excluding carboxylic acids is 1. The van der Waals surface area contributed by atoms with E-state index in [4.69, 9.17) is 5.73 Å². The first-order chi connectivity index (χ1) is 9.43. The summed E-state index contributed by atoms with van der Waals surface area (Å²) in [6.07, 6.45) is 7.14. The van der Waals surface area contributed by atoms with E-state index in [1.54, 1.807) is 24.3 Å².